The van der Waals surface area contributed by atoms with E-state index in [9.17, 15) is 0 Å². The normalized spacial score (nSPS) is 23.4. The monoisotopic (exact) mass is 274 g/mol. The molecule has 0 amide bonds. The minimum atomic E-state index is 0.378. The van der Waals surface area contributed by atoms with E-state index in [4.69, 9.17) is 5.73 Å². The van der Waals surface area contributed by atoms with Crippen molar-refractivity contribution in [1.82, 2.24) is 19.6 Å². The van der Waals surface area contributed by atoms with Crippen LogP contribution in [-0.4, -0.2) is 38.7 Å². The predicted octanol–water partition coefficient (Wildman–Crippen LogP) is 1.39. The maximum absolute atomic E-state index is 6.00. The van der Waals surface area contributed by atoms with E-state index in [2.05, 4.69) is 33.0 Å². The largest absolute Gasteiger partial charge is 0.352 e. The Kier molecular flexibility index (Phi) is 3.56. The Hall–Kier alpha value is -1.69. The third-order valence-corrected chi connectivity index (χ3v) is 4.33. The van der Waals surface area contributed by atoms with Gasteiger partial charge in [-0.25, -0.2) is 4.98 Å². The molecule has 1 aliphatic heterocycles. The zero-order valence-corrected chi connectivity index (χ0v) is 12.2. The Balaban J connectivity index is 1.99. The summed E-state index contributed by atoms with van der Waals surface area (Å²) >= 11 is 0. The fourth-order valence-electron chi connectivity index (χ4n) is 3.15. The van der Waals surface area contributed by atoms with E-state index in [1.54, 1.807) is 6.33 Å². The van der Waals surface area contributed by atoms with Gasteiger partial charge in [0.1, 0.15) is 12.1 Å². The summed E-state index contributed by atoms with van der Waals surface area (Å²) in [5.74, 6) is 2.51. The van der Waals surface area contributed by atoms with Gasteiger partial charge in [-0.1, -0.05) is 13.3 Å². The van der Waals surface area contributed by atoms with Crippen molar-refractivity contribution < 1.29 is 0 Å². The zero-order chi connectivity index (χ0) is 14.1. The first-order valence-electron chi connectivity index (χ1n) is 7.37. The van der Waals surface area contributed by atoms with Crippen molar-refractivity contribution in [2.45, 2.75) is 39.2 Å². The van der Waals surface area contributed by atoms with Crippen LogP contribution in [0, 0.1) is 12.8 Å². The number of nitrogens with two attached hydrogens (primary N) is 1. The van der Waals surface area contributed by atoms with Gasteiger partial charge < -0.3 is 10.6 Å². The van der Waals surface area contributed by atoms with Gasteiger partial charge in [0.2, 0.25) is 0 Å². The summed E-state index contributed by atoms with van der Waals surface area (Å²) in [6.07, 6.45) is 5.16. The molecule has 20 heavy (non-hydrogen) atoms. The summed E-state index contributed by atoms with van der Waals surface area (Å²) in [4.78, 5) is 11.0. The van der Waals surface area contributed by atoms with Crippen LogP contribution in [0.2, 0.25) is 0 Å². The van der Waals surface area contributed by atoms with Crippen LogP contribution in [0.1, 0.15) is 31.9 Å². The molecule has 0 bridgehead atoms. The van der Waals surface area contributed by atoms with Gasteiger partial charge in [-0.3, -0.25) is 0 Å². The number of aryl methyl sites for hydroxylation is 1. The van der Waals surface area contributed by atoms with Crippen molar-refractivity contribution in [1.29, 1.82) is 0 Å². The molecule has 3 heterocycles. The molecule has 2 aromatic heterocycles. The number of hydrogen-bond donors (Lipinski definition) is 1. The highest BCUT2D eigenvalue weighted by Gasteiger charge is 2.28. The molecule has 1 fully saturated rings. The Bertz CT molecular complexity index is 592. The summed E-state index contributed by atoms with van der Waals surface area (Å²) in [6.45, 7) is 5.96. The number of rotatable bonds is 3. The molecule has 6 nitrogen and oxygen atoms in total. The lowest BCUT2D eigenvalue weighted by Gasteiger charge is -2.40. The number of aromatic nitrogens is 4. The lowest BCUT2D eigenvalue weighted by molar-refractivity contribution is 0.333. The fraction of sp³-hybridized carbons (Fsp3) is 0.643. The predicted molar refractivity (Wildman–Crippen MR) is 78.7 cm³/mol. The molecule has 6 heteroatoms. The SMILES string of the molecule is CCC1CCN(c2cc(C)nc3ncnn23)C(CN)C1. The molecule has 0 spiro atoms. The highest BCUT2D eigenvalue weighted by Crippen LogP contribution is 2.29. The highest BCUT2D eigenvalue weighted by molar-refractivity contribution is 5.48. The Morgan fingerprint density at radius 3 is 3.05 bits per heavy atom. The van der Waals surface area contributed by atoms with Crippen LogP contribution in [0.5, 0.6) is 0 Å². The fourth-order valence-corrected chi connectivity index (χ4v) is 3.15. The number of nitrogens with zero attached hydrogens (tertiary/aromatic N) is 5. The molecule has 1 aliphatic rings. The van der Waals surface area contributed by atoms with E-state index in [1.807, 2.05) is 11.4 Å². The van der Waals surface area contributed by atoms with Gasteiger partial charge in [0, 0.05) is 30.9 Å². The quantitative estimate of drug-likeness (QED) is 0.915. The minimum Gasteiger partial charge on any atom is -0.352 e. The van der Waals surface area contributed by atoms with E-state index in [1.165, 1.54) is 12.8 Å². The second-order valence-corrected chi connectivity index (χ2v) is 5.61. The summed E-state index contributed by atoms with van der Waals surface area (Å²) in [5, 5.41) is 4.30. The van der Waals surface area contributed by atoms with Crippen LogP contribution in [0.3, 0.4) is 0 Å². The minimum absolute atomic E-state index is 0.378. The number of fused-ring (bicyclic) bond motifs is 1. The molecule has 2 N–H and O–H groups in total. The maximum atomic E-state index is 6.00. The maximum Gasteiger partial charge on any atom is 0.254 e. The van der Waals surface area contributed by atoms with Crippen LogP contribution in [0.25, 0.3) is 5.78 Å². The molecule has 0 aliphatic carbocycles. The molecular weight excluding hydrogens is 252 g/mol. The summed E-state index contributed by atoms with van der Waals surface area (Å²) in [5.41, 5.74) is 6.97. The number of hydrogen-bond acceptors (Lipinski definition) is 5. The average molecular weight is 274 g/mol. The van der Waals surface area contributed by atoms with Crippen molar-refractivity contribution in [3.05, 3.63) is 18.1 Å². The summed E-state index contributed by atoms with van der Waals surface area (Å²) in [7, 11) is 0. The first-order valence-corrected chi connectivity index (χ1v) is 7.37. The molecule has 2 aromatic rings. The molecule has 0 radical (unpaired) electrons. The first kappa shape index (κ1) is 13.3. The molecule has 3 rings (SSSR count). The molecule has 108 valence electrons. The standard InChI is InChI=1S/C14H22N6/c1-3-11-4-5-19(12(7-11)8-15)13-6-10(2)18-14-16-9-17-20(13)14/h6,9,11-12H,3-5,7-8,15H2,1-2H3. The summed E-state index contributed by atoms with van der Waals surface area (Å²) < 4.78 is 1.82. The second kappa shape index (κ2) is 5.36. The van der Waals surface area contributed by atoms with E-state index < -0.39 is 0 Å². The molecule has 2 unspecified atom stereocenters. The third kappa shape index (κ3) is 2.24. The van der Waals surface area contributed by atoms with E-state index in [-0.39, 0.29) is 0 Å². The van der Waals surface area contributed by atoms with E-state index in [0.717, 1.165) is 30.4 Å². The van der Waals surface area contributed by atoms with Crippen molar-refractivity contribution in [2.75, 3.05) is 18.0 Å². The number of piperidine rings is 1. The van der Waals surface area contributed by atoms with Crippen LogP contribution >= 0.6 is 0 Å². The topological polar surface area (TPSA) is 72.3 Å². The smallest absolute Gasteiger partial charge is 0.254 e. The molecule has 0 aromatic carbocycles. The van der Waals surface area contributed by atoms with Crippen LogP contribution in [-0.2, 0) is 0 Å². The van der Waals surface area contributed by atoms with E-state index in [0.29, 0.717) is 18.4 Å². The third-order valence-electron chi connectivity index (χ3n) is 4.33. The van der Waals surface area contributed by atoms with Gasteiger partial charge in [0.05, 0.1) is 0 Å². The van der Waals surface area contributed by atoms with Gasteiger partial charge >= 0.3 is 0 Å². The lowest BCUT2D eigenvalue weighted by atomic mass is 9.89. The Morgan fingerprint density at radius 1 is 1.45 bits per heavy atom. The molecule has 0 saturated carbocycles. The highest BCUT2D eigenvalue weighted by atomic mass is 15.4. The van der Waals surface area contributed by atoms with Gasteiger partial charge in [0.25, 0.3) is 5.78 Å². The van der Waals surface area contributed by atoms with Gasteiger partial charge in [0.15, 0.2) is 0 Å². The number of anilines is 1. The Morgan fingerprint density at radius 2 is 2.30 bits per heavy atom. The van der Waals surface area contributed by atoms with Crippen molar-refractivity contribution >= 4 is 11.6 Å². The summed E-state index contributed by atoms with van der Waals surface area (Å²) in [6, 6.07) is 2.46. The average Bonchev–Trinajstić information content (AvgIpc) is 2.93. The van der Waals surface area contributed by atoms with Crippen molar-refractivity contribution in [3.63, 3.8) is 0 Å². The van der Waals surface area contributed by atoms with E-state index >= 15 is 0 Å². The van der Waals surface area contributed by atoms with Gasteiger partial charge in [-0.05, 0) is 25.7 Å². The molecule has 1 saturated heterocycles. The lowest BCUT2D eigenvalue weighted by Crippen LogP contribution is -2.47. The first-order chi connectivity index (χ1) is 9.72. The van der Waals surface area contributed by atoms with Crippen molar-refractivity contribution in [3.8, 4) is 0 Å². The molecule has 2 atom stereocenters. The molecular formula is C14H22N6. The van der Waals surface area contributed by atoms with Gasteiger partial charge in [-0.2, -0.15) is 14.6 Å². The van der Waals surface area contributed by atoms with Gasteiger partial charge in [-0.15, -0.1) is 0 Å². The zero-order valence-electron chi connectivity index (χ0n) is 12.2. The van der Waals surface area contributed by atoms with Crippen molar-refractivity contribution in [2.24, 2.45) is 11.7 Å². The Labute approximate surface area is 119 Å². The second-order valence-electron chi connectivity index (χ2n) is 5.61. The van der Waals surface area contributed by atoms with Crippen LogP contribution in [0.4, 0.5) is 5.82 Å². The van der Waals surface area contributed by atoms with Crippen LogP contribution in [0.15, 0.2) is 12.4 Å². The van der Waals surface area contributed by atoms with Crippen LogP contribution < -0.4 is 10.6 Å².